The molecule has 0 aliphatic carbocycles. The van der Waals surface area contributed by atoms with Gasteiger partial charge in [0.15, 0.2) is 5.78 Å². The molecule has 0 radical (unpaired) electrons. The molecule has 1 aromatic heterocycles. The molecular formula is C16H14ClN3O5S2. The highest BCUT2D eigenvalue weighted by molar-refractivity contribution is 7.89. The Bertz CT molecular complexity index is 1050. The normalized spacial score (nSPS) is 20.0. The summed E-state index contributed by atoms with van der Waals surface area (Å²) in [5.74, 6) is -1.03. The molecule has 1 fully saturated rings. The van der Waals surface area contributed by atoms with Crippen molar-refractivity contribution in [1.82, 2.24) is 10.2 Å². The van der Waals surface area contributed by atoms with Gasteiger partial charge in [-0.2, -0.15) is 0 Å². The summed E-state index contributed by atoms with van der Waals surface area (Å²) in [4.78, 5) is 38.4. The van der Waals surface area contributed by atoms with Crippen LogP contribution < -0.4 is 10.5 Å². The first kappa shape index (κ1) is 19.5. The zero-order valence-electron chi connectivity index (χ0n) is 13.9. The molecular weight excluding hydrogens is 414 g/mol. The number of Topliss-reactive ketones (excluding diaryl/α,β-unsaturated/α-hetero) is 1. The van der Waals surface area contributed by atoms with Crippen molar-refractivity contribution in [2.75, 3.05) is 6.54 Å². The monoisotopic (exact) mass is 427 g/mol. The molecule has 2 heterocycles. The molecule has 3 N–H and O–H groups in total. The number of urea groups is 1. The van der Waals surface area contributed by atoms with E-state index in [0.29, 0.717) is 14.8 Å². The number of amides is 3. The number of nitrogens with zero attached hydrogens (tertiary/aromatic N) is 1. The Kier molecular flexibility index (Phi) is 4.85. The van der Waals surface area contributed by atoms with E-state index < -0.39 is 39.8 Å². The van der Waals surface area contributed by atoms with E-state index >= 15 is 0 Å². The zero-order chi connectivity index (χ0) is 20.0. The summed E-state index contributed by atoms with van der Waals surface area (Å²) in [6, 6.07) is 7.65. The Morgan fingerprint density at radius 1 is 1.22 bits per heavy atom. The van der Waals surface area contributed by atoms with E-state index in [2.05, 4.69) is 5.32 Å². The topological polar surface area (TPSA) is 127 Å². The van der Waals surface area contributed by atoms with Crippen LogP contribution in [0.25, 0.3) is 0 Å². The Hall–Kier alpha value is -2.27. The number of nitrogens with one attached hydrogen (secondary N) is 1. The number of nitrogens with two attached hydrogens (primary N) is 1. The summed E-state index contributed by atoms with van der Waals surface area (Å²) in [6.45, 7) is 1.05. The maximum atomic E-state index is 12.8. The van der Waals surface area contributed by atoms with Gasteiger partial charge in [-0.15, -0.1) is 11.3 Å². The Labute approximate surface area is 164 Å². The number of primary sulfonamides is 1. The van der Waals surface area contributed by atoms with E-state index in [0.717, 1.165) is 16.2 Å². The van der Waals surface area contributed by atoms with Crippen molar-refractivity contribution in [2.45, 2.75) is 17.4 Å². The minimum absolute atomic E-state index is 0.117. The predicted molar refractivity (Wildman–Crippen MR) is 99.1 cm³/mol. The molecule has 0 saturated carbocycles. The van der Waals surface area contributed by atoms with Gasteiger partial charge in [-0.05, 0) is 36.8 Å². The maximum Gasteiger partial charge on any atom is 0.325 e. The predicted octanol–water partition coefficient (Wildman–Crippen LogP) is 1.70. The fourth-order valence-corrected chi connectivity index (χ4v) is 4.19. The summed E-state index contributed by atoms with van der Waals surface area (Å²) in [6.07, 6.45) is 0. The third-order valence-corrected chi connectivity index (χ3v) is 6.39. The molecule has 11 heteroatoms. The van der Waals surface area contributed by atoms with Crippen LogP contribution in [0.3, 0.4) is 0 Å². The summed E-state index contributed by atoms with van der Waals surface area (Å²) >= 11 is 6.86. The molecule has 1 aliphatic heterocycles. The lowest BCUT2D eigenvalue weighted by molar-refractivity contribution is -0.130. The molecule has 1 atom stereocenters. The van der Waals surface area contributed by atoms with Gasteiger partial charge in [0.2, 0.25) is 10.0 Å². The van der Waals surface area contributed by atoms with Gasteiger partial charge >= 0.3 is 6.03 Å². The van der Waals surface area contributed by atoms with Crippen molar-refractivity contribution in [3.63, 3.8) is 0 Å². The third-order valence-electron chi connectivity index (χ3n) is 4.18. The molecule has 27 heavy (non-hydrogen) atoms. The van der Waals surface area contributed by atoms with Crippen LogP contribution >= 0.6 is 22.9 Å². The first-order valence-corrected chi connectivity index (χ1v) is 10.3. The van der Waals surface area contributed by atoms with Crippen LogP contribution in [0, 0.1) is 0 Å². The third kappa shape index (κ3) is 3.61. The SMILES string of the molecule is CC1(c2ccc(S(N)(=O)=O)cc2)NC(=O)N(CC(=O)c2ccc(Cl)s2)C1=O. The molecule has 2 aromatic rings. The van der Waals surface area contributed by atoms with Gasteiger partial charge in [-0.1, -0.05) is 23.7 Å². The number of halogens is 1. The minimum Gasteiger partial charge on any atom is -0.319 e. The lowest BCUT2D eigenvalue weighted by Gasteiger charge is -2.22. The highest BCUT2D eigenvalue weighted by Gasteiger charge is 2.49. The van der Waals surface area contributed by atoms with E-state index in [1.165, 1.54) is 37.3 Å². The number of sulfonamides is 1. The number of carbonyl (C=O) groups excluding carboxylic acids is 3. The van der Waals surface area contributed by atoms with Crippen molar-refractivity contribution >= 4 is 50.7 Å². The number of ketones is 1. The van der Waals surface area contributed by atoms with Crippen molar-refractivity contribution in [2.24, 2.45) is 5.14 Å². The lowest BCUT2D eigenvalue weighted by atomic mass is 9.92. The van der Waals surface area contributed by atoms with Crippen LogP contribution in [0.2, 0.25) is 4.34 Å². The molecule has 1 aliphatic rings. The second-order valence-electron chi connectivity index (χ2n) is 6.04. The molecule has 0 spiro atoms. The van der Waals surface area contributed by atoms with E-state index in [4.69, 9.17) is 16.7 Å². The molecule has 1 aromatic carbocycles. The van der Waals surface area contributed by atoms with Crippen LogP contribution in [0.4, 0.5) is 4.79 Å². The van der Waals surface area contributed by atoms with Gasteiger partial charge < -0.3 is 5.32 Å². The average molecular weight is 428 g/mol. The number of benzene rings is 1. The fourth-order valence-electron chi connectivity index (χ4n) is 2.70. The number of hydrogen-bond donors (Lipinski definition) is 2. The van der Waals surface area contributed by atoms with E-state index in [1.54, 1.807) is 6.07 Å². The summed E-state index contributed by atoms with van der Waals surface area (Å²) < 4.78 is 23.1. The molecule has 1 saturated heterocycles. The van der Waals surface area contributed by atoms with E-state index in [-0.39, 0.29) is 4.90 Å². The quantitative estimate of drug-likeness (QED) is 0.554. The zero-order valence-corrected chi connectivity index (χ0v) is 16.3. The van der Waals surface area contributed by atoms with Crippen LogP contribution in [-0.4, -0.2) is 37.6 Å². The van der Waals surface area contributed by atoms with Gasteiger partial charge in [0, 0.05) is 0 Å². The molecule has 0 bridgehead atoms. The highest BCUT2D eigenvalue weighted by Crippen LogP contribution is 2.30. The summed E-state index contributed by atoms with van der Waals surface area (Å²) in [5, 5.41) is 7.61. The van der Waals surface area contributed by atoms with Crippen molar-refractivity contribution in [3.05, 3.63) is 51.2 Å². The minimum atomic E-state index is -3.88. The molecule has 8 nitrogen and oxygen atoms in total. The van der Waals surface area contributed by atoms with Gasteiger partial charge in [-0.3, -0.25) is 14.5 Å². The van der Waals surface area contributed by atoms with Crippen LogP contribution in [0.5, 0.6) is 0 Å². The molecule has 142 valence electrons. The standard InChI is InChI=1S/C16H14ClN3O5S2/c1-16(9-2-4-10(5-3-9)27(18,24)25)14(22)20(15(23)19-16)8-11(21)12-6-7-13(17)26-12/h2-7H,8H2,1H3,(H,19,23)(H2,18,24,25). The number of carbonyl (C=O) groups is 3. The largest absolute Gasteiger partial charge is 0.325 e. The second kappa shape index (κ2) is 6.71. The highest BCUT2D eigenvalue weighted by atomic mass is 35.5. The van der Waals surface area contributed by atoms with Crippen LogP contribution in [0.1, 0.15) is 22.2 Å². The maximum absolute atomic E-state index is 12.8. The Morgan fingerprint density at radius 2 is 1.85 bits per heavy atom. The second-order valence-corrected chi connectivity index (χ2v) is 9.32. The summed E-state index contributed by atoms with van der Waals surface area (Å²) in [7, 11) is -3.88. The van der Waals surface area contributed by atoms with E-state index in [1.807, 2.05) is 0 Å². The Balaban J connectivity index is 1.85. The average Bonchev–Trinajstić information content (AvgIpc) is 3.12. The number of imide groups is 1. The van der Waals surface area contributed by atoms with E-state index in [9.17, 15) is 22.8 Å². The van der Waals surface area contributed by atoms with Crippen LogP contribution in [0.15, 0.2) is 41.3 Å². The van der Waals surface area contributed by atoms with Gasteiger partial charge in [0.25, 0.3) is 5.91 Å². The molecule has 1 unspecified atom stereocenters. The number of thiophene rings is 1. The molecule has 3 rings (SSSR count). The first-order chi connectivity index (χ1) is 12.5. The fraction of sp³-hybridized carbons (Fsp3) is 0.188. The number of hydrogen-bond acceptors (Lipinski definition) is 6. The lowest BCUT2D eigenvalue weighted by Crippen LogP contribution is -2.41. The number of rotatable bonds is 5. The summed E-state index contributed by atoms with van der Waals surface area (Å²) in [5.41, 5.74) is -1.07. The van der Waals surface area contributed by atoms with Crippen molar-refractivity contribution in [3.8, 4) is 0 Å². The Morgan fingerprint density at radius 3 is 2.37 bits per heavy atom. The van der Waals surface area contributed by atoms with Gasteiger partial charge in [-0.25, -0.2) is 18.4 Å². The van der Waals surface area contributed by atoms with Gasteiger partial charge in [0.1, 0.15) is 5.54 Å². The van der Waals surface area contributed by atoms with Crippen molar-refractivity contribution in [1.29, 1.82) is 0 Å². The van der Waals surface area contributed by atoms with Crippen LogP contribution in [-0.2, 0) is 20.4 Å². The molecule has 3 amide bonds. The van der Waals surface area contributed by atoms with Gasteiger partial charge in [0.05, 0.1) is 20.7 Å². The van der Waals surface area contributed by atoms with Crippen molar-refractivity contribution < 1.29 is 22.8 Å². The first-order valence-electron chi connectivity index (χ1n) is 7.58. The smallest absolute Gasteiger partial charge is 0.319 e.